The van der Waals surface area contributed by atoms with Gasteiger partial charge in [0.05, 0.1) is 6.10 Å². The van der Waals surface area contributed by atoms with Crippen LogP contribution in [0.3, 0.4) is 0 Å². The highest BCUT2D eigenvalue weighted by Gasteiger charge is 2.38. The fraction of sp³-hybridized carbons (Fsp3) is 1.00. The number of ether oxygens (including phenoxy) is 1. The normalized spacial score (nSPS) is 37.7. The number of hydrogen-bond donors (Lipinski definition) is 1. The minimum absolute atomic E-state index is 0.571. The van der Waals surface area contributed by atoms with Gasteiger partial charge >= 0.3 is 0 Å². The van der Waals surface area contributed by atoms with E-state index < -0.39 is 0 Å². The van der Waals surface area contributed by atoms with Gasteiger partial charge in [-0.15, -0.1) is 0 Å². The maximum atomic E-state index is 5.88. The molecule has 0 amide bonds. The first-order valence-corrected chi connectivity index (χ1v) is 8.35. The molecule has 0 aromatic heterocycles. The molecule has 0 unspecified atom stereocenters. The maximum Gasteiger partial charge on any atom is 0.0619 e. The Morgan fingerprint density at radius 2 is 1.84 bits per heavy atom. The summed E-state index contributed by atoms with van der Waals surface area (Å²) in [4.78, 5) is 2.61. The minimum atomic E-state index is 0.571. The zero-order valence-corrected chi connectivity index (χ0v) is 12.6. The van der Waals surface area contributed by atoms with Crippen LogP contribution in [0.15, 0.2) is 0 Å². The van der Waals surface area contributed by atoms with Crippen molar-refractivity contribution in [3.05, 3.63) is 0 Å². The molecule has 110 valence electrons. The molecule has 0 spiro atoms. The summed E-state index contributed by atoms with van der Waals surface area (Å²) in [6.07, 6.45) is 8.53. The maximum absolute atomic E-state index is 5.88. The topological polar surface area (TPSA) is 24.5 Å². The van der Waals surface area contributed by atoms with Crippen LogP contribution in [0.1, 0.15) is 52.4 Å². The molecule has 3 aliphatic rings. The molecule has 1 aliphatic carbocycles. The van der Waals surface area contributed by atoms with Crippen molar-refractivity contribution < 1.29 is 4.74 Å². The standard InChI is InChI=1S/C16H30N2O/c1-12(2)18-9-6-13(7-10-18)17-15-4-3-5-16-14(15)8-11-19-16/h12-17H,3-11H2,1-2H3/t14-,15+,16-/m0/s1. The van der Waals surface area contributed by atoms with Gasteiger partial charge in [-0.2, -0.15) is 0 Å². The highest BCUT2D eigenvalue weighted by Crippen LogP contribution is 2.35. The second kappa shape index (κ2) is 6.11. The molecular weight excluding hydrogens is 236 g/mol. The van der Waals surface area contributed by atoms with Gasteiger partial charge in [0.15, 0.2) is 0 Å². The molecule has 2 aliphatic heterocycles. The Balaban J connectivity index is 1.49. The third kappa shape index (κ3) is 3.14. The van der Waals surface area contributed by atoms with E-state index in [0.29, 0.717) is 12.1 Å². The summed E-state index contributed by atoms with van der Waals surface area (Å²) < 4.78 is 5.88. The van der Waals surface area contributed by atoms with E-state index in [0.717, 1.165) is 24.6 Å². The van der Waals surface area contributed by atoms with Crippen LogP contribution in [0, 0.1) is 5.92 Å². The Kier molecular flexibility index (Phi) is 4.45. The zero-order chi connectivity index (χ0) is 13.2. The summed E-state index contributed by atoms with van der Waals surface area (Å²) in [5.74, 6) is 0.803. The number of piperidine rings is 1. The highest BCUT2D eigenvalue weighted by atomic mass is 16.5. The van der Waals surface area contributed by atoms with E-state index in [1.54, 1.807) is 0 Å². The van der Waals surface area contributed by atoms with Crippen LogP contribution in [-0.2, 0) is 4.74 Å². The van der Waals surface area contributed by atoms with E-state index in [2.05, 4.69) is 24.1 Å². The number of rotatable bonds is 3. The van der Waals surface area contributed by atoms with E-state index in [-0.39, 0.29) is 0 Å². The smallest absolute Gasteiger partial charge is 0.0619 e. The molecule has 0 radical (unpaired) electrons. The molecule has 3 nitrogen and oxygen atoms in total. The monoisotopic (exact) mass is 266 g/mol. The summed E-state index contributed by atoms with van der Waals surface area (Å²) in [5, 5.41) is 3.98. The number of hydrogen-bond acceptors (Lipinski definition) is 3. The van der Waals surface area contributed by atoms with Crippen LogP contribution in [0.4, 0.5) is 0 Å². The number of nitrogens with zero attached hydrogens (tertiary/aromatic N) is 1. The van der Waals surface area contributed by atoms with Crippen molar-refractivity contribution in [3.8, 4) is 0 Å². The Bertz CT molecular complexity index is 286. The largest absolute Gasteiger partial charge is 0.378 e. The molecule has 1 N–H and O–H groups in total. The Hall–Kier alpha value is -0.120. The van der Waals surface area contributed by atoms with E-state index in [4.69, 9.17) is 4.74 Å². The SMILES string of the molecule is CC(C)N1CCC(N[C@@H]2CCC[C@@H]3OCC[C@H]32)CC1. The van der Waals surface area contributed by atoms with Gasteiger partial charge in [0.1, 0.15) is 0 Å². The van der Waals surface area contributed by atoms with Crippen LogP contribution in [0.25, 0.3) is 0 Å². The fourth-order valence-corrected chi connectivity index (χ4v) is 4.27. The lowest BCUT2D eigenvalue weighted by Gasteiger charge is -2.40. The van der Waals surface area contributed by atoms with E-state index in [1.807, 2.05) is 0 Å². The Morgan fingerprint density at radius 1 is 1.05 bits per heavy atom. The van der Waals surface area contributed by atoms with Gasteiger partial charge in [0.25, 0.3) is 0 Å². The quantitative estimate of drug-likeness (QED) is 0.849. The zero-order valence-electron chi connectivity index (χ0n) is 12.6. The predicted octanol–water partition coefficient (Wildman–Crippen LogP) is 2.41. The van der Waals surface area contributed by atoms with Crippen molar-refractivity contribution in [2.24, 2.45) is 5.92 Å². The summed E-state index contributed by atoms with van der Waals surface area (Å²) in [7, 11) is 0. The van der Waals surface area contributed by atoms with Gasteiger partial charge in [-0.25, -0.2) is 0 Å². The average Bonchev–Trinajstić information content (AvgIpc) is 2.89. The molecule has 0 aromatic rings. The van der Waals surface area contributed by atoms with E-state index in [1.165, 1.54) is 51.6 Å². The lowest BCUT2D eigenvalue weighted by atomic mass is 9.81. The van der Waals surface area contributed by atoms with Crippen LogP contribution in [0.5, 0.6) is 0 Å². The van der Waals surface area contributed by atoms with Crippen LogP contribution < -0.4 is 5.32 Å². The molecule has 0 aromatic carbocycles. The lowest BCUT2D eigenvalue weighted by Crippen LogP contribution is -2.51. The third-order valence-electron chi connectivity index (χ3n) is 5.49. The Labute approximate surface area is 118 Å². The van der Waals surface area contributed by atoms with Crippen molar-refractivity contribution in [2.75, 3.05) is 19.7 Å². The fourth-order valence-electron chi connectivity index (χ4n) is 4.27. The van der Waals surface area contributed by atoms with Crippen LogP contribution >= 0.6 is 0 Å². The third-order valence-corrected chi connectivity index (χ3v) is 5.49. The van der Waals surface area contributed by atoms with Crippen molar-refractivity contribution in [1.82, 2.24) is 10.2 Å². The van der Waals surface area contributed by atoms with Crippen molar-refractivity contribution in [2.45, 2.75) is 76.6 Å². The molecule has 2 saturated heterocycles. The molecule has 2 heterocycles. The first-order valence-electron chi connectivity index (χ1n) is 8.35. The predicted molar refractivity (Wildman–Crippen MR) is 78.4 cm³/mol. The Morgan fingerprint density at radius 3 is 2.58 bits per heavy atom. The van der Waals surface area contributed by atoms with Crippen molar-refractivity contribution in [3.63, 3.8) is 0 Å². The molecule has 19 heavy (non-hydrogen) atoms. The van der Waals surface area contributed by atoms with Gasteiger partial charge in [-0.3, -0.25) is 0 Å². The second-order valence-corrected chi connectivity index (χ2v) is 6.97. The van der Waals surface area contributed by atoms with Crippen LogP contribution in [-0.4, -0.2) is 48.8 Å². The van der Waals surface area contributed by atoms with Gasteiger partial charge < -0.3 is 15.0 Å². The summed E-state index contributed by atoms with van der Waals surface area (Å²) in [6.45, 7) is 8.17. The van der Waals surface area contributed by atoms with Crippen molar-refractivity contribution in [1.29, 1.82) is 0 Å². The number of fused-ring (bicyclic) bond motifs is 1. The van der Waals surface area contributed by atoms with E-state index in [9.17, 15) is 0 Å². The lowest BCUT2D eigenvalue weighted by molar-refractivity contribution is 0.0478. The molecule has 3 rings (SSSR count). The number of likely N-dealkylation sites (tertiary alicyclic amines) is 1. The first-order chi connectivity index (χ1) is 9.24. The van der Waals surface area contributed by atoms with Gasteiger partial charge in [-0.05, 0) is 65.5 Å². The van der Waals surface area contributed by atoms with Gasteiger partial charge in [-0.1, -0.05) is 0 Å². The number of nitrogens with one attached hydrogen (secondary N) is 1. The van der Waals surface area contributed by atoms with Crippen molar-refractivity contribution >= 4 is 0 Å². The molecule has 1 saturated carbocycles. The molecule has 0 bridgehead atoms. The highest BCUT2D eigenvalue weighted by molar-refractivity contribution is 4.93. The summed E-state index contributed by atoms with van der Waals surface area (Å²) >= 11 is 0. The van der Waals surface area contributed by atoms with Crippen LogP contribution in [0.2, 0.25) is 0 Å². The molecule has 3 heteroatoms. The average molecular weight is 266 g/mol. The van der Waals surface area contributed by atoms with Gasteiger partial charge in [0, 0.05) is 30.7 Å². The summed E-state index contributed by atoms with van der Waals surface area (Å²) in [5.41, 5.74) is 0. The minimum Gasteiger partial charge on any atom is -0.378 e. The molecule has 3 fully saturated rings. The first kappa shape index (κ1) is 13.8. The van der Waals surface area contributed by atoms with Gasteiger partial charge in [0.2, 0.25) is 0 Å². The second-order valence-electron chi connectivity index (χ2n) is 6.97. The van der Waals surface area contributed by atoms with E-state index >= 15 is 0 Å². The summed E-state index contributed by atoms with van der Waals surface area (Å²) in [6, 6.07) is 2.19. The molecular formula is C16H30N2O. The molecule has 3 atom stereocenters.